The maximum Gasteiger partial charge on any atom is 4.00 e. The van der Waals surface area contributed by atoms with Gasteiger partial charge in [-0.05, 0) is 13.8 Å². The molecule has 0 aliphatic heterocycles. The largest absolute Gasteiger partial charge is 4.00 e. The minimum absolute atomic E-state index is 0. The van der Waals surface area contributed by atoms with E-state index in [0.717, 1.165) is 0 Å². The average molecular weight is 500 g/mol. The summed E-state index contributed by atoms with van der Waals surface area (Å²) in [6, 6.07) is 18.2. The van der Waals surface area contributed by atoms with Crippen LogP contribution in [0.5, 0.6) is 0 Å². The Hall–Kier alpha value is -0.279. The van der Waals surface area contributed by atoms with E-state index in [-0.39, 0.29) is 64.0 Å². The van der Waals surface area contributed by atoms with Crippen molar-refractivity contribution in [2.24, 2.45) is 0 Å². The second kappa shape index (κ2) is 11.4. The van der Waals surface area contributed by atoms with E-state index < -0.39 is 8.07 Å². The summed E-state index contributed by atoms with van der Waals surface area (Å²) in [5.74, 6) is 0. The Balaban J connectivity index is 0. The molecule has 3 rings (SSSR count). The molecule has 2 unspecified atom stereocenters. The molecular formula is C24H29Cl3SiTi. The van der Waals surface area contributed by atoms with Crippen LogP contribution in [0.25, 0.3) is 0 Å². The zero-order chi connectivity index (χ0) is 18.4. The predicted octanol–water partition coefficient (Wildman–Crippen LogP) is -3.63. The maximum atomic E-state index is 3.91. The third kappa shape index (κ3) is 5.14. The number of aryl methyl sites for hydroxylation is 2. The summed E-state index contributed by atoms with van der Waals surface area (Å²) in [5.41, 5.74) is 6.93. The molecule has 5 heteroatoms. The smallest absolute Gasteiger partial charge is 1.00 e. The maximum absolute atomic E-state index is 3.91. The molecule has 2 aromatic carbocycles. The molecule has 0 N–H and O–H groups in total. The SMILES string of the molecule is CC1=[C-]C(C)([Si](C)(c2ccccc2)c2cc(C)cc(C)c2)C(C)=C1C.[Cl-].[Cl-].[Cl-].[Ti+4]. The van der Waals surface area contributed by atoms with Crippen LogP contribution in [0.15, 0.2) is 65.3 Å². The molecule has 154 valence electrons. The molecule has 0 bridgehead atoms. The summed E-state index contributed by atoms with van der Waals surface area (Å²) >= 11 is 0. The number of rotatable bonds is 3. The Bertz CT molecular complexity index is 872. The van der Waals surface area contributed by atoms with Gasteiger partial charge in [0.2, 0.25) is 0 Å². The summed E-state index contributed by atoms with van der Waals surface area (Å²) in [4.78, 5) is 0. The molecule has 0 radical (unpaired) electrons. The summed E-state index contributed by atoms with van der Waals surface area (Å²) in [6.45, 7) is 16.2. The molecule has 0 heterocycles. The van der Waals surface area contributed by atoms with E-state index >= 15 is 0 Å². The van der Waals surface area contributed by atoms with Crippen molar-refractivity contribution in [2.75, 3.05) is 0 Å². The van der Waals surface area contributed by atoms with Gasteiger partial charge < -0.3 is 37.2 Å². The van der Waals surface area contributed by atoms with Gasteiger partial charge in [0, 0.05) is 0 Å². The van der Waals surface area contributed by atoms with Crippen molar-refractivity contribution in [2.45, 2.75) is 53.1 Å². The summed E-state index contributed by atoms with van der Waals surface area (Å²) in [6.07, 6.45) is 3.91. The van der Waals surface area contributed by atoms with Gasteiger partial charge in [0.15, 0.2) is 0 Å². The van der Waals surface area contributed by atoms with Crippen molar-refractivity contribution in [3.63, 3.8) is 0 Å². The number of benzene rings is 2. The van der Waals surface area contributed by atoms with Crippen LogP contribution in [0, 0.1) is 19.9 Å². The third-order valence-electron chi connectivity index (χ3n) is 6.46. The predicted molar refractivity (Wildman–Crippen MR) is 112 cm³/mol. The van der Waals surface area contributed by atoms with E-state index in [4.69, 9.17) is 0 Å². The van der Waals surface area contributed by atoms with E-state index in [9.17, 15) is 0 Å². The summed E-state index contributed by atoms with van der Waals surface area (Å²) < 4.78 is 0. The van der Waals surface area contributed by atoms with E-state index in [0.29, 0.717) is 0 Å². The third-order valence-corrected chi connectivity index (χ3v) is 11.9. The molecule has 0 nitrogen and oxygen atoms in total. The minimum Gasteiger partial charge on any atom is -1.00 e. The van der Waals surface area contributed by atoms with Crippen LogP contribution in [-0.4, -0.2) is 8.07 Å². The van der Waals surface area contributed by atoms with E-state index in [1.165, 1.54) is 38.2 Å². The van der Waals surface area contributed by atoms with Gasteiger partial charge in [0.05, 0.1) is 0 Å². The molecule has 0 fully saturated rings. The monoisotopic (exact) mass is 498 g/mol. The zero-order valence-electron chi connectivity index (χ0n) is 18.3. The molecule has 0 spiro atoms. The Kier molecular flexibility index (Phi) is 12.1. The van der Waals surface area contributed by atoms with Gasteiger partial charge in [-0.15, -0.1) is 6.92 Å². The zero-order valence-corrected chi connectivity index (χ0v) is 23.1. The first-order chi connectivity index (χ1) is 11.7. The fourth-order valence-corrected chi connectivity index (χ4v) is 9.25. The molecule has 0 saturated heterocycles. The fraction of sp³-hybridized carbons (Fsp3) is 0.333. The minimum atomic E-state index is -2.09. The molecule has 0 aromatic heterocycles. The van der Waals surface area contributed by atoms with Crippen molar-refractivity contribution in [1.29, 1.82) is 0 Å². The molecule has 1 aliphatic rings. The first kappa shape index (κ1) is 30.9. The van der Waals surface area contributed by atoms with Crippen LogP contribution in [-0.2, 0) is 21.7 Å². The molecule has 0 amide bonds. The van der Waals surface area contributed by atoms with E-state index in [2.05, 4.69) is 103 Å². The number of hydrogen-bond acceptors (Lipinski definition) is 0. The van der Waals surface area contributed by atoms with Gasteiger partial charge in [-0.3, -0.25) is 6.08 Å². The number of allylic oxidation sites excluding steroid dienone is 4. The van der Waals surface area contributed by atoms with Crippen LogP contribution in [0.4, 0.5) is 0 Å². The molecule has 29 heavy (non-hydrogen) atoms. The molecular weight excluding hydrogens is 471 g/mol. The summed E-state index contributed by atoms with van der Waals surface area (Å²) in [7, 11) is -2.09. The van der Waals surface area contributed by atoms with Crippen molar-refractivity contribution < 1.29 is 58.9 Å². The standard InChI is InChI=1S/C24H29Si.3ClH.Ti/c1-17-13-18(2)15-23(14-17)25(7,22-11-9-8-10-12-22)24(6)16-19(3)20(4)21(24)5;;;;/h8-15H,1-7H3;3*1H;/q-1;;;;+4/p-3. The molecule has 2 aromatic rings. The van der Waals surface area contributed by atoms with E-state index in [1.807, 2.05) is 0 Å². The Morgan fingerprint density at radius 2 is 1.24 bits per heavy atom. The quantitative estimate of drug-likeness (QED) is 0.302. The van der Waals surface area contributed by atoms with Gasteiger partial charge in [-0.1, -0.05) is 102 Å². The second-order valence-corrected chi connectivity index (χ2v) is 12.4. The van der Waals surface area contributed by atoms with Crippen LogP contribution in [0.2, 0.25) is 11.6 Å². The van der Waals surface area contributed by atoms with Crippen molar-refractivity contribution in [1.82, 2.24) is 0 Å². The first-order valence-electron chi connectivity index (χ1n) is 9.14. The van der Waals surface area contributed by atoms with Crippen LogP contribution in [0.1, 0.15) is 38.8 Å². The number of hydrogen-bond donors (Lipinski definition) is 0. The first-order valence-corrected chi connectivity index (χ1v) is 11.6. The second-order valence-electron chi connectivity index (χ2n) is 7.99. The number of halogens is 3. The normalized spacial score (nSPS) is 19.6. The molecule has 0 saturated carbocycles. The van der Waals surface area contributed by atoms with Crippen LogP contribution < -0.4 is 47.6 Å². The van der Waals surface area contributed by atoms with Gasteiger partial charge in [-0.2, -0.15) is 11.1 Å². The fourth-order valence-electron chi connectivity index (χ4n) is 4.50. The molecule has 1 aliphatic carbocycles. The topological polar surface area (TPSA) is 0 Å². The van der Waals surface area contributed by atoms with Crippen molar-refractivity contribution in [3.05, 3.63) is 82.5 Å². The van der Waals surface area contributed by atoms with Crippen molar-refractivity contribution in [3.8, 4) is 0 Å². The average Bonchev–Trinajstić information content (AvgIpc) is 2.78. The Morgan fingerprint density at radius 3 is 1.66 bits per heavy atom. The van der Waals surface area contributed by atoms with Crippen LogP contribution >= 0.6 is 0 Å². The van der Waals surface area contributed by atoms with Gasteiger partial charge in [-0.25, -0.2) is 5.57 Å². The van der Waals surface area contributed by atoms with Gasteiger partial charge in [0.1, 0.15) is 8.07 Å². The van der Waals surface area contributed by atoms with Gasteiger partial charge in [0.25, 0.3) is 0 Å². The summed E-state index contributed by atoms with van der Waals surface area (Å²) in [5, 5.41) is 2.97. The molecule has 2 atom stereocenters. The van der Waals surface area contributed by atoms with Crippen molar-refractivity contribution >= 4 is 18.4 Å². The van der Waals surface area contributed by atoms with E-state index in [1.54, 1.807) is 0 Å². The van der Waals surface area contributed by atoms with Gasteiger partial charge >= 0.3 is 21.7 Å². The Morgan fingerprint density at radius 1 is 0.759 bits per heavy atom. The Labute approximate surface area is 211 Å². The van der Waals surface area contributed by atoms with Crippen LogP contribution in [0.3, 0.4) is 0 Å².